The van der Waals surface area contributed by atoms with Gasteiger partial charge in [0.1, 0.15) is 0 Å². The Morgan fingerprint density at radius 1 is 1.19 bits per heavy atom. The van der Waals surface area contributed by atoms with Crippen LogP contribution in [0, 0.1) is 0 Å². The highest BCUT2D eigenvalue weighted by atomic mass is 32.1. The molecule has 1 saturated heterocycles. The second kappa shape index (κ2) is 7.59. The zero-order valence-corrected chi connectivity index (χ0v) is 15.6. The number of aliphatic hydroxyl groups excluding tert-OH is 1. The largest absolute Gasteiger partial charge is 0.394 e. The first-order chi connectivity index (χ1) is 13.2. The molecule has 0 bridgehead atoms. The molecule has 1 fully saturated rings. The molecule has 1 aliphatic rings. The molecule has 0 saturated carbocycles. The number of piperazine rings is 1. The Bertz CT molecular complexity index is 935. The highest BCUT2D eigenvalue weighted by molar-refractivity contribution is 7.17. The van der Waals surface area contributed by atoms with E-state index in [9.17, 15) is 9.90 Å². The molecule has 0 radical (unpaired) electrons. The minimum absolute atomic E-state index is 0.0125. The summed E-state index contributed by atoms with van der Waals surface area (Å²) in [5, 5.41) is 13.4. The summed E-state index contributed by atoms with van der Waals surface area (Å²) in [4.78, 5) is 24.0. The van der Waals surface area contributed by atoms with Crippen LogP contribution in [0.1, 0.15) is 22.0 Å². The van der Waals surface area contributed by atoms with Crippen molar-refractivity contribution in [2.24, 2.45) is 5.73 Å². The molecule has 2 aromatic heterocycles. The zero-order chi connectivity index (χ0) is 18.8. The Balaban J connectivity index is 1.47. The van der Waals surface area contributed by atoms with Gasteiger partial charge in [0, 0.05) is 43.3 Å². The quantitative estimate of drug-likeness (QED) is 0.696. The van der Waals surface area contributed by atoms with Gasteiger partial charge in [0.25, 0.3) is 5.91 Å². The smallest absolute Gasteiger partial charge is 0.251 e. The lowest BCUT2D eigenvalue weighted by Crippen LogP contribution is -2.48. The lowest BCUT2D eigenvalue weighted by Gasteiger charge is -2.38. The molecule has 0 spiro atoms. The molecule has 27 heavy (non-hydrogen) atoms. The number of anilines is 1. The molecule has 7 nitrogen and oxygen atoms in total. The molecule has 4 rings (SSSR count). The van der Waals surface area contributed by atoms with Crippen LogP contribution in [-0.2, 0) is 0 Å². The number of carbonyl (C=O) groups excluding carboxylic acids is 1. The van der Waals surface area contributed by atoms with Crippen molar-refractivity contribution in [1.82, 2.24) is 14.9 Å². The monoisotopic (exact) mass is 383 g/mol. The van der Waals surface area contributed by atoms with Gasteiger partial charge in [-0.05, 0) is 22.4 Å². The maximum Gasteiger partial charge on any atom is 0.251 e. The number of nitrogens with two attached hydrogens (primary N) is 1. The van der Waals surface area contributed by atoms with Crippen molar-refractivity contribution in [3.05, 3.63) is 53.2 Å². The third-order valence-electron chi connectivity index (χ3n) is 5.00. The number of fused-ring (bicyclic) bond motifs is 1. The number of rotatable bonds is 5. The third kappa shape index (κ3) is 3.51. The van der Waals surface area contributed by atoms with E-state index in [2.05, 4.69) is 37.3 Å². The van der Waals surface area contributed by atoms with Crippen LogP contribution in [0.3, 0.4) is 0 Å². The standard InChI is InChI=1S/C19H21N5O2S/c20-18(26)13-9-21-19(22-10-13)24-7-5-23(6-8-24)16(11-25)15-12-27-17-4-2-1-3-14(15)17/h1-4,9-10,12,16,25H,5-8,11H2,(H2,20,26). The first kappa shape index (κ1) is 17.8. The number of primary amides is 1. The van der Waals surface area contributed by atoms with Crippen LogP contribution in [0.2, 0.25) is 0 Å². The van der Waals surface area contributed by atoms with E-state index in [1.54, 1.807) is 11.3 Å². The Hall–Kier alpha value is -2.55. The van der Waals surface area contributed by atoms with Crippen LogP contribution >= 0.6 is 11.3 Å². The van der Waals surface area contributed by atoms with Gasteiger partial charge in [-0.25, -0.2) is 9.97 Å². The number of aliphatic hydroxyl groups is 1. The molecule has 1 aliphatic heterocycles. The summed E-state index contributed by atoms with van der Waals surface area (Å²) in [7, 11) is 0. The van der Waals surface area contributed by atoms with E-state index < -0.39 is 5.91 Å². The number of hydrogen-bond acceptors (Lipinski definition) is 7. The molecule has 140 valence electrons. The summed E-state index contributed by atoms with van der Waals surface area (Å²) in [6.45, 7) is 3.21. The van der Waals surface area contributed by atoms with E-state index in [-0.39, 0.29) is 12.6 Å². The van der Waals surface area contributed by atoms with Gasteiger partial charge in [0.2, 0.25) is 5.95 Å². The fourth-order valence-corrected chi connectivity index (χ4v) is 4.52. The second-order valence-electron chi connectivity index (χ2n) is 6.54. The van der Waals surface area contributed by atoms with Gasteiger partial charge in [-0.3, -0.25) is 9.69 Å². The zero-order valence-electron chi connectivity index (χ0n) is 14.8. The normalized spacial score (nSPS) is 16.6. The van der Waals surface area contributed by atoms with Gasteiger partial charge in [-0.15, -0.1) is 11.3 Å². The van der Waals surface area contributed by atoms with Crippen molar-refractivity contribution in [1.29, 1.82) is 0 Å². The summed E-state index contributed by atoms with van der Waals surface area (Å²) < 4.78 is 1.24. The topological polar surface area (TPSA) is 95.6 Å². The van der Waals surface area contributed by atoms with Crippen molar-refractivity contribution in [2.75, 3.05) is 37.7 Å². The fraction of sp³-hybridized carbons (Fsp3) is 0.316. The second-order valence-corrected chi connectivity index (χ2v) is 7.46. The maximum atomic E-state index is 11.1. The summed E-state index contributed by atoms with van der Waals surface area (Å²) in [6, 6.07) is 8.30. The SMILES string of the molecule is NC(=O)c1cnc(N2CCN(C(CO)c3csc4ccccc34)CC2)nc1. The number of carbonyl (C=O) groups is 1. The van der Waals surface area contributed by atoms with Gasteiger partial charge in [0.05, 0.1) is 18.2 Å². The molecule has 3 aromatic rings. The van der Waals surface area contributed by atoms with Crippen LogP contribution in [-0.4, -0.2) is 58.7 Å². The molecule has 3 N–H and O–H groups in total. The van der Waals surface area contributed by atoms with Gasteiger partial charge < -0.3 is 15.7 Å². The van der Waals surface area contributed by atoms with Crippen molar-refractivity contribution >= 4 is 33.3 Å². The Morgan fingerprint density at radius 3 is 2.56 bits per heavy atom. The first-order valence-corrected chi connectivity index (χ1v) is 9.73. The molecular weight excluding hydrogens is 362 g/mol. The van der Waals surface area contributed by atoms with Crippen molar-refractivity contribution < 1.29 is 9.90 Å². The van der Waals surface area contributed by atoms with Gasteiger partial charge in [-0.2, -0.15) is 0 Å². The average molecular weight is 383 g/mol. The molecule has 3 heterocycles. The van der Waals surface area contributed by atoms with Crippen LogP contribution in [0.25, 0.3) is 10.1 Å². The number of aromatic nitrogens is 2. The summed E-state index contributed by atoms with van der Waals surface area (Å²) >= 11 is 1.72. The summed E-state index contributed by atoms with van der Waals surface area (Å²) in [5.74, 6) is 0.0707. The van der Waals surface area contributed by atoms with Crippen molar-refractivity contribution in [2.45, 2.75) is 6.04 Å². The molecule has 8 heteroatoms. The predicted octanol–water partition coefficient (Wildman–Crippen LogP) is 1.65. The van der Waals surface area contributed by atoms with Crippen LogP contribution in [0.5, 0.6) is 0 Å². The molecule has 0 aliphatic carbocycles. The van der Waals surface area contributed by atoms with Crippen molar-refractivity contribution in [3.8, 4) is 0 Å². The Kier molecular flexibility index (Phi) is 5.02. The van der Waals surface area contributed by atoms with E-state index in [1.165, 1.54) is 28.0 Å². The average Bonchev–Trinajstić information content (AvgIpc) is 3.13. The Morgan fingerprint density at radius 2 is 1.89 bits per heavy atom. The highest BCUT2D eigenvalue weighted by Gasteiger charge is 2.27. The number of hydrogen-bond donors (Lipinski definition) is 2. The Labute approximate surface area is 161 Å². The molecule has 1 aromatic carbocycles. The van der Waals surface area contributed by atoms with E-state index in [0.29, 0.717) is 11.5 Å². The first-order valence-electron chi connectivity index (χ1n) is 8.85. The van der Waals surface area contributed by atoms with Gasteiger partial charge in [0.15, 0.2) is 0 Å². The van der Waals surface area contributed by atoms with Crippen LogP contribution in [0.4, 0.5) is 5.95 Å². The molecule has 1 amide bonds. The minimum Gasteiger partial charge on any atom is -0.394 e. The van der Waals surface area contributed by atoms with E-state index in [0.717, 1.165) is 26.2 Å². The molecule has 1 atom stereocenters. The van der Waals surface area contributed by atoms with E-state index in [4.69, 9.17) is 5.73 Å². The van der Waals surface area contributed by atoms with Gasteiger partial charge in [-0.1, -0.05) is 18.2 Å². The predicted molar refractivity (Wildman–Crippen MR) is 106 cm³/mol. The fourth-order valence-electron chi connectivity index (χ4n) is 3.51. The van der Waals surface area contributed by atoms with E-state index in [1.807, 2.05) is 12.1 Å². The van der Waals surface area contributed by atoms with Crippen LogP contribution in [0.15, 0.2) is 42.0 Å². The molecule has 1 unspecified atom stereocenters. The van der Waals surface area contributed by atoms with E-state index >= 15 is 0 Å². The third-order valence-corrected chi connectivity index (χ3v) is 5.99. The number of thiophene rings is 1. The highest BCUT2D eigenvalue weighted by Crippen LogP contribution is 2.33. The summed E-state index contributed by atoms with van der Waals surface area (Å²) in [6.07, 6.45) is 2.93. The lowest BCUT2D eigenvalue weighted by atomic mass is 10.0. The number of benzene rings is 1. The number of nitrogens with zero attached hydrogens (tertiary/aromatic N) is 4. The molecular formula is C19H21N5O2S. The minimum atomic E-state index is -0.528. The number of amides is 1. The lowest BCUT2D eigenvalue weighted by molar-refractivity contribution is 0.0999. The van der Waals surface area contributed by atoms with Gasteiger partial charge >= 0.3 is 0 Å². The van der Waals surface area contributed by atoms with Crippen LogP contribution < -0.4 is 10.6 Å². The van der Waals surface area contributed by atoms with Crippen molar-refractivity contribution in [3.63, 3.8) is 0 Å². The maximum absolute atomic E-state index is 11.1. The summed E-state index contributed by atoms with van der Waals surface area (Å²) in [5.41, 5.74) is 6.73.